The first-order valence-electron chi connectivity index (χ1n) is 7.04. The molecule has 0 fully saturated rings. The fourth-order valence-electron chi connectivity index (χ4n) is 1.90. The average molecular weight is 296 g/mol. The number of hydrogen-bond acceptors (Lipinski definition) is 5. The summed E-state index contributed by atoms with van der Waals surface area (Å²) in [6.45, 7) is 5.78. The average Bonchev–Trinajstić information content (AvgIpc) is 2.87. The lowest BCUT2D eigenvalue weighted by atomic mass is 10.3. The van der Waals surface area contributed by atoms with Gasteiger partial charge in [-0.3, -0.25) is 14.5 Å². The molecule has 0 aliphatic carbocycles. The third-order valence-corrected chi connectivity index (χ3v) is 3.28. The molecule has 0 radical (unpaired) electrons. The first kappa shape index (κ1) is 17.2. The van der Waals surface area contributed by atoms with Crippen LogP contribution in [0, 0.1) is 6.92 Å². The Labute approximate surface area is 125 Å². The molecule has 0 N–H and O–H groups in total. The van der Waals surface area contributed by atoms with E-state index in [2.05, 4.69) is 4.74 Å². The van der Waals surface area contributed by atoms with Crippen LogP contribution in [-0.4, -0.2) is 55.5 Å². The number of ether oxygens (including phenoxy) is 1. The summed E-state index contributed by atoms with van der Waals surface area (Å²) in [7, 11) is 3.11. The number of esters is 1. The standard InChI is InChI=1S/C15H24N2O4/c1-5-17(9-8-15(19)20-4)11-14(18)16(3)10-13-7-6-12(2)21-13/h6-7H,5,8-11H2,1-4H3. The van der Waals surface area contributed by atoms with Crippen LogP contribution in [0.5, 0.6) is 0 Å². The molecule has 0 spiro atoms. The first-order valence-corrected chi connectivity index (χ1v) is 7.04. The van der Waals surface area contributed by atoms with Crippen molar-refractivity contribution in [2.24, 2.45) is 0 Å². The zero-order valence-electron chi connectivity index (χ0n) is 13.2. The first-order chi connectivity index (χ1) is 9.96. The Hall–Kier alpha value is -1.82. The van der Waals surface area contributed by atoms with E-state index in [1.165, 1.54) is 7.11 Å². The van der Waals surface area contributed by atoms with E-state index in [0.717, 1.165) is 11.5 Å². The van der Waals surface area contributed by atoms with Crippen LogP contribution >= 0.6 is 0 Å². The monoisotopic (exact) mass is 296 g/mol. The minimum Gasteiger partial charge on any atom is -0.469 e. The Morgan fingerprint density at radius 3 is 2.57 bits per heavy atom. The van der Waals surface area contributed by atoms with Crippen LogP contribution in [-0.2, 0) is 20.9 Å². The lowest BCUT2D eigenvalue weighted by Gasteiger charge is -2.23. The summed E-state index contributed by atoms with van der Waals surface area (Å²) >= 11 is 0. The Bertz CT molecular complexity index is 470. The van der Waals surface area contributed by atoms with Crippen molar-refractivity contribution in [2.45, 2.75) is 26.8 Å². The summed E-state index contributed by atoms with van der Waals surface area (Å²) in [6.07, 6.45) is 0.290. The second kappa shape index (κ2) is 8.46. The van der Waals surface area contributed by atoms with Gasteiger partial charge in [-0.25, -0.2) is 0 Å². The number of carbonyl (C=O) groups is 2. The van der Waals surface area contributed by atoms with Crippen molar-refractivity contribution in [3.05, 3.63) is 23.7 Å². The van der Waals surface area contributed by atoms with Gasteiger partial charge in [0.25, 0.3) is 0 Å². The van der Waals surface area contributed by atoms with Crippen molar-refractivity contribution < 1.29 is 18.7 Å². The Morgan fingerprint density at radius 1 is 1.33 bits per heavy atom. The molecule has 0 saturated heterocycles. The molecule has 1 rings (SSSR count). The van der Waals surface area contributed by atoms with Crippen molar-refractivity contribution >= 4 is 11.9 Å². The van der Waals surface area contributed by atoms with Gasteiger partial charge >= 0.3 is 5.97 Å². The van der Waals surface area contributed by atoms with E-state index in [-0.39, 0.29) is 18.4 Å². The second-order valence-corrected chi connectivity index (χ2v) is 4.96. The quantitative estimate of drug-likeness (QED) is 0.679. The van der Waals surface area contributed by atoms with Gasteiger partial charge in [-0.2, -0.15) is 0 Å². The van der Waals surface area contributed by atoms with E-state index in [0.29, 0.717) is 26.1 Å². The number of aryl methyl sites for hydroxylation is 1. The molecule has 1 aromatic rings. The van der Waals surface area contributed by atoms with Gasteiger partial charge in [0, 0.05) is 13.6 Å². The zero-order chi connectivity index (χ0) is 15.8. The van der Waals surface area contributed by atoms with Crippen molar-refractivity contribution in [3.8, 4) is 0 Å². The van der Waals surface area contributed by atoms with Crippen molar-refractivity contribution in [1.82, 2.24) is 9.80 Å². The number of amides is 1. The van der Waals surface area contributed by atoms with Crippen LogP contribution < -0.4 is 0 Å². The van der Waals surface area contributed by atoms with E-state index >= 15 is 0 Å². The highest BCUT2D eigenvalue weighted by Gasteiger charge is 2.15. The molecule has 1 amide bonds. The van der Waals surface area contributed by atoms with Gasteiger partial charge in [0.15, 0.2) is 0 Å². The van der Waals surface area contributed by atoms with Crippen molar-refractivity contribution in [3.63, 3.8) is 0 Å². The fraction of sp³-hybridized carbons (Fsp3) is 0.600. The van der Waals surface area contributed by atoms with Crippen LogP contribution in [0.1, 0.15) is 24.9 Å². The predicted molar refractivity (Wildman–Crippen MR) is 78.7 cm³/mol. The lowest BCUT2D eigenvalue weighted by Crippen LogP contribution is -2.39. The highest BCUT2D eigenvalue weighted by atomic mass is 16.5. The molecule has 0 unspecified atom stereocenters. The minimum absolute atomic E-state index is 0.00392. The number of likely N-dealkylation sites (N-methyl/N-ethyl adjacent to an activating group) is 2. The molecular weight excluding hydrogens is 272 g/mol. The molecule has 118 valence electrons. The number of hydrogen-bond donors (Lipinski definition) is 0. The predicted octanol–water partition coefficient (Wildman–Crippen LogP) is 1.43. The normalized spacial score (nSPS) is 10.7. The third-order valence-electron chi connectivity index (χ3n) is 3.28. The summed E-state index contributed by atoms with van der Waals surface area (Å²) in [6, 6.07) is 3.75. The van der Waals surface area contributed by atoms with Gasteiger partial charge < -0.3 is 14.1 Å². The van der Waals surface area contributed by atoms with E-state index in [1.54, 1.807) is 11.9 Å². The van der Waals surface area contributed by atoms with Crippen LogP contribution in [0.3, 0.4) is 0 Å². The largest absolute Gasteiger partial charge is 0.469 e. The molecule has 6 heteroatoms. The molecule has 6 nitrogen and oxygen atoms in total. The van der Waals surface area contributed by atoms with Gasteiger partial charge in [-0.15, -0.1) is 0 Å². The minimum atomic E-state index is -0.264. The van der Waals surface area contributed by atoms with Gasteiger partial charge in [0.1, 0.15) is 11.5 Å². The number of nitrogens with zero attached hydrogens (tertiary/aromatic N) is 2. The van der Waals surface area contributed by atoms with Gasteiger partial charge in [-0.1, -0.05) is 6.92 Å². The van der Waals surface area contributed by atoms with Gasteiger partial charge in [0.05, 0.1) is 26.6 Å². The van der Waals surface area contributed by atoms with E-state index in [9.17, 15) is 9.59 Å². The molecule has 0 aliphatic rings. The van der Waals surface area contributed by atoms with Gasteiger partial charge in [-0.05, 0) is 25.6 Å². The van der Waals surface area contributed by atoms with Crippen LogP contribution in [0.2, 0.25) is 0 Å². The highest BCUT2D eigenvalue weighted by molar-refractivity contribution is 5.78. The summed E-state index contributed by atoms with van der Waals surface area (Å²) < 4.78 is 10.1. The van der Waals surface area contributed by atoms with Crippen LogP contribution in [0.4, 0.5) is 0 Å². The van der Waals surface area contributed by atoms with Crippen LogP contribution in [0.25, 0.3) is 0 Å². The molecule has 21 heavy (non-hydrogen) atoms. The Balaban J connectivity index is 2.43. The summed E-state index contributed by atoms with van der Waals surface area (Å²) in [5, 5.41) is 0. The molecule has 0 bridgehead atoms. The third kappa shape index (κ3) is 5.99. The number of methoxy groups -OCH3 is 1. The van der Waals surface area contributed by atoms with E-state index < -0.39 is 0 Å². The van der Waals surface area contributed by atoms with E-state index in [1.807, 2.05) is 30.9 Å². The van der Waals surface area contributed by atoms with E-state index in [4.69, 9.17) is 4.42 Å². The SMILES string of the molecule is CCN(CCC(=O)OC)CC(=O)N(C)Cc1ccc(C)o1. The second-order valence-electron chi connectivity index (χ2n) is 4.96. The number of carbonyl (C=O) groups excluding carboxylic acids is 2. The molecule has 1 aromatic heterocycles. The molecule has 0 atom stereocenters. The van der Waals surface area contributed by atoms with Crippen molar-refractivity contribution in [1.29, 1.82) is 0 Å². The molecule has 1 heterocycles. The smallest absolute Gasteiger partial charge is 0.306 e. The topological polar surface area (TPSA) is 63.0 Å². The Morgan fingerprint density at radius 2 is 2.05 bits per heavy atom. The molecule has 0 aromatic carbocycles. The maximum atomic E-state index is 12.2. The number of furan rings is 1. The van der Waals surface area contributed by atoms with Crippen LogP contribution in [0.15, 0.2) is 16.5 Å². The van der Waals surface area contributed by atoms with Gasteiger partial charge in [0.2, 0.25) is 5.91 Å². The maximum Gasteiger partial charge on any atom is 0.306 e. The Kier molecular flexibility index (Phi) is 6.94. The fourth-order valence-corrected chi connectivity index (χ4v) is 1.90. The highest BCUT2D eigenvalue weighted by Crippen LogP contribution is 2.09. The molecular formula is C15H24N2O4. The molecule has 0 aliphatic heterocycles. The maximum absolute atomic E-state index is 12.2. The summed E-state index contributed by atoms with van der Waals surface area (Å²) in [5.74, 6) is 1.33. The lowest BCUT2D eigenvalue weighted by molar-refractivity contribution is -0.141. The number of rotatable bonds is 8. The molecule has 0 saturated carbocycles. The summed E-state index contributed by atoms with van der Waals surface area (Å²) in [5.41, 5.74) is 0. The zero-order valence-corrected chi connectivity index (χ0v) is 13.2. The summed E-state index contributed by atoms with van der Waals surface area (Å²) in [4.78, 5) is 26.8. The van der Waals surface area contributed by atoms with Crippen molar-refractivity contribution in [2.75, 3.05) is 33.8 Å².